The Balaban J connectivity index is 1.41. The summed E-state index contributed by atoms with van der Waals surface area (Å²) >= 11 is 6.11. The number of aliphatic carboxylic acids is 1. The predicted octanol–water partition coefficient (Wildman–Crippen LogP) is 5.36. The van der Waals surface area contributed by atoms with Gasteiger partial charge in [0.2, 0.25) is 0 Å². The highest BCUT2D eigenvalue weighted by molar-refractivity contribution is 6.30. The number of hydrogen-bond acceptors (Lipinski definition) is 4. The third kappa shape index (κ3) is 6.18. The van der Waals surface area contributed by atoms with Crippen LogP contribution in [0.1, 0.15) is 41.3 Å². The van der Waals surface area contributed by atoms with Crippen molar-refractivity contribution in [1.29, 1.82) is 0 Å². The summed E-state index contributed by atoms with van der Waals surface area (Å²) in [6, 6.07) is 14.5. The lowest BCUT2D eigenvalue weighted by molar-refractivity contribution is -0.138. The van der Waals surface area contributed by atoms with Crippen LogP contribution in [0.15, 0.2) is 48.7 Å². The van der Waals surface area contributed by atoms with Crippen LogP contribution in [0.4, 0.5) is 0 Å². The Morgan fingerprint density at radius 2 is 2.06 bits per heavy atom. The summed E-state index contributed by atoms with van der Waals surface area (Å²) in [5.41, 5.74) is 7.10. The van der Waals surface area contributed by atoms with Gasteiger partial charge in [-0.2, -0.15) is 0 Å². The molecule has 0 bridgehead atoms. The summed E-state index contributed by atoms with van der Waals surface area (Å²) in [4.78, 5) is 22.8. The molecule has 2 aromatic carbocycles. The van der Waals surface area contributed by atoms with Gasteiger partial charge in [0.15, 0.2) is 5.82 Å². The number of nitrogens with zero attached hydrogens (tertiary/aromatic N) is 3. The quantitative estimate of drug-likeness (QED) is 0.487. The van der Waals surface area contributed by atoms with Crippen LogP contribution in [0.2, 0.25) is 5.02 Å². The van der Waals surface area contributed by atoms with Gasteiger partial charge < -0.3 is 5.11 Å². The minimum absolute atomic E-state index is 0.129. The molecule has 1 aromatic heterocycles. The fourth-order valence-corrected chi connectivity index (χ4v) is 4.77. The van der Waals surface area contributed by atoms with Crippen LogP contribution in [-0.4, -0.2) is 39.0 Å². The number of carboxylic acids is 1. The van der Waals surface area contributed by atoms with Crippen LogP contribution in [0, 0.1) is 12.8 Å². The fraction of sp³-hybridized carbons (Fsp3) is 0.370. The molecule has 0 spiro atoms. The lowest BCUT2D eigenvalue weighted by Gasteiger charge is -2.29. The molecular formula is C27H30ClN3O2. The van der Waals surface area contributed by atoms with Crippen molar-refractivity contribution in [3.63, 3.8) is 0 Å². The van der Waals surface area contributed by atoms with Gasteiger partial charge in [0.05, 0.1) is 5.69 Å². The average molecular weight is 464 g/mol. The fourth-order valence-electron chi connectivity index (χ4n) is 4.56. The third-order valence-electron chi connectivity index (χ3n) is 6.28. The van der Waals surface area contributed by atoms with Gasteiger partial charge >= 0.3 is 5.97 Å². The molecule has 6 heteroatoms. The molecule has 33 heavy (non-hydrogen) atoms. The molecule has 4 rings (SSSR count). The molecule has 0 amide bonds. The summed E-state index contributed by atoms with van der Waals surface area (Å²) in [5.74, 6) is 0.161. The molecule has 0 saturated heterocycles. The zero-order valence-electron chi connectivity index (χ0n) is 19.2. The molecule has 3 aromatic rings. The third-order valence-corrected chi connectivity index (χ3v) is 6.51. The first-order valence-corrected chi connectivity index (χ1v) is 11.9. The largest absolute Gasteiger partial charge is 0.481 e. The molecule has 1 aliphatic heterocycles. The maximum Gasteiger partial charge on any atom is 0.303 e. The SMILES string of the molecule is Cc1cc(-c2ncc3c(n2)CCN(CC(C)CC(=O)O)C3)ccc1CCc1cccc(Cl)c1. The highest BCUT2D eigenvalue weighted by Crippen LogP contribution is 2.24. The van der Waals surface area contributed by atoms with E-state index in [1.54, 1.807) is 0 Å². The Morgan fingerprint density at radius 3 is 2.82 bits per heavy atom. The molecule has 0 radical (unpaired) electrons. The van der Waals surface area contributed by atoms with Crippen molar-refractivity contribution < 1.29 is 9.90 Å². The topological polar surface area (TPSA) is 66.3 Å². The lowest BCUT2D eigenvalue weighted by Crippen LogP contribution is -2.35. The van der Waals surface area contributed by atoms with E-state index in [0.717, 1.165) is 66.6 Å². The van der Waals surface area contributed by atoms with Crippen LogP contribution >= 0.6 is 11.6 Å². The van der Waals surface area contributed by atoms with Gasteiger partial charge in [0.25, 0.3) is 0 Å². The number of hydrogen-bond donors (Lipinski definition) is 1. The molecule has 1 N–H and O–H groups in total. The number of benzene rings is 2. The van der Waals surface area contributed by atoms with Crippen molar-refractivity contribution >= 4 is 17.6 Å². The van der Waals surface area contributed by atoms with E-state index in [-0.39, 0.29) is 12.3 Å². The Morgan fingerprint density at radius 1 is 1.21 bits per heavy atom. The number of rotatable bonds is 8. The lowest BCUT2D eigenvalue weighted by atomic mass is 9.98. The van der Waals surface area contributed by atoms with E-state index in [2.05, 4.69) is 41.1 Å². The smallest absolute Gasteiger partial charge is 0.303 e. The second kappa shape index (κ2) is 10.4. The summed E-state index contributed by atoms with van der Waals surface area (Å²) in [6.07, 6.45) is 4.92. The second-order valence-electron chi connectivity index (χ2n) is 9.12. The van der Waals surface area contributed by atoms with Crippen molar-refractivity contribution in [2.75, 3.05) is 13.1 Å². The zero-order chi connectivity index (χ0) is 23.4. The Kier molecular flexibility index (Phi) is 7.41. The molecule has 5 nitrogen and oxygen atoms in total. The monoisotopic (exact) mass is 463 g/mol. The van der Waals surface area contributed by atoms with E-state index in [4.69, 9.17) is 21.7 Å². The van der Waals surface area contributed by atoms with Crippen LogP contribution in [-0.2, 0) is 30.6 Å². The van der Waals surface area contributed by atoms with Crippen LogP contribution in [0.3, 0.4) is 0 Å². The molecule has 0 fully saturated rings. The van der Waals surface area contributed by atoms with Crippen LogP contribution in [0.5, 0.6) is 0 Å². The van der Waals surface area contributed by atoms with E-state index in [9.17, 15) is 4.79 Å². The maximum atomic E-state index is 10.9. The maximum absolute atomic E-state index is 10.9. The van der Waals surface area contributed by atoms with E-state index in [1.165, 1.54) is 16.7 Å². The summed E-state index contributed by atoms with van der Waals surface area (Å²) in [6.45, 7) is 6.59. The van der Waals surface area contributed by atoms with Crippen molar-refractivity contribution in [2.45, 2.75) is 46.1 Å². The summed E-state index contributed by atoms with van der Waals surface area (Å²) in [5, 5.41) is 9.77. The van der Waals surface area contributed by atoms with Crippen LogP contribution < -0.4 is 0 Å². The number of halogens is 1. The Bertz CT molecular complexity index is 1150. The van der Waals surface area contributed by atoms with Gasteiger partial charge in [-0.15, -0.1) is 0 Å². The van der Waals surface area contributed by atoms with E-state index in [0.29, 0.717) is 0 Å². The molecule has 1 unspecified atom stereocenters. The van der Waals surface area contributed by atoms with Gasteiger partial charge in [-0.3, -0.25) is 9.69 Å². The first-order valence-electron chi connectivity index (χ1n) is 11.5. The Labute approximate surface area is 200 Å². The molecule has 1 atom stereocenters. The van der Waals surface area contributed by atoms with Crippen LogP contribution in [0.25, 0.3) is 11.4 Å². The first-order chi connectivity index (χ1) is 15.9. The molecule has 0 saturated carbocycles. The van der Waals surface area contributed by atoms with Gasteiger partial charge in [0, 0.05) is 54.8 Å². The van der Waals surface area contributed by atoms with E-state index >= 15 is 0 Å². The average Bonchev–Trinajstić information content (AvgIpc) is 2.77. The summed E-state index contributed by atoms with van der Waals surface area (Å²) < 4.78 is 0. The standard InChI is InChI=1S/C27H30ClN3O2/c1-18(12-26(32)33)16-31-11-10-25-23(17-31)15-29-27(30-25)22-9-8-21(19(2)13-22)7-6-20-4-3-5-24(28)14-20/h3-5,8-9,13-15,18H,6-7,10-12,16-17H2,1-2H3,(H,32,33). The number of carbonyl (C=O) groups is 1. The highest BCUT2D eigenvalue weighted by Gasteiger charge is 2.21. The molecule has 1 aliphatic rings. The number of fused-ring (bicyclic) bond motifs is 1. The highest BCUT2D eigenvalue weighted by atomic mass is 35.5. The van der Waals surface area contributed by atoms with Gasteiger partial charge in [-0.1, -0.05) is 42.8 Å². The van der Waals surface area contributed by atoms with E-state index < -0.39 is 5.97 Å². The van der Waals surface area contributed by atoms with Crippen molar-refractivity contribution in [3.8, 4) is 11.4 Å². The molecule has 0 aliphatic carbocycles. The predicted molar refractivity (Wildman–Crippen MR) is 131 cm³/mol. The van der Waals surface area contributed by atoms with Crippen molar-refractivity contribution in [3.05, 3.63) is 81.6 Å². The minimum Gasteiger partial charge on any atom is -0.481 e. The number of carboxylic acid groups (broad SMARTS) is 1. The van der Waals surface area contributed by atoms with Gasteiger partial charge in [-0.25, -0.2) is 9.97 Å². The Hall–Kier alpha value is -2.76. The molecule has 172 valence electrons. The molecular weight excluding hydrogens is 434 g/mol. The molecule has 2 heterocycles. The summed E-state index contributed by atoms with van der Waals surface area (Å²) in [7, 11) is 0. The minimum atomic E-state index is -0.737. The zero-order valence-corrected chi connectivity index (χ0v) is 20.0. The number of aromatic nitrogens is 2. The van der Waals surface area contributed by atoms with Gasteiger partial charge in [0.1, 0.15) is 0 Å². The van der Waals surface area contributed by atoms with E-state index in [1.807, 2.05) is 31.3 Å². The normalized spacial score (nSPS) is 14.6. The second-order valence-corrected chi connectivity index (χ2v) is 9.56. The number of aryl methyl sites for hydroxylation is 3. The van der Waals surface area contributed by atoms with Gasteiger partial charge in [-0.05, 0) is 60.6 Å². The first kappa shape index (κ1) is 23.4. The van der Waals surface area contributed by atoms with Crippen molar-refractivity contribution in [2.24, 2.45) is 5.92 Å². The van der Waals surface area contributed by atoms with Crippen molar-refractivity contribution in [1.82, 2.24) is 14.9 Å².